The fourth-order valence-corrected chi connectivity index (χ4v) is 5.86. The van der Waals surface area contributed by atoms with Gasteiger partial charge in [0.25, 0.3) is 5.91 Å². The molecular formula is C30H32N2O2. The molecule has 1 saturated carbocycles. The average molecular weight is 453 g/mol. The molecule has 2 N–H and O–H groups in total. The summed E-state index contributed by atoms with van der Waals surface area (Å²) in [5.74, 6) is 0.132. The second kappa shape index (κ2) is 8.84. The molecule has 0 aliphatic heterocycles. The number of amides is 1. The predicted molar refractivity (Wildman–Crippen MR) is 137 cm³/mol. The van der Waals surface area contributed by atoms with Crippen LogP contribution in [-0.2, 0) is 11.8 Å². The van der Waals surface area contributed by atoms with Gasteiger partial charge in [-0.05, 0) is 85.9 Å². The van der Waals surface area contributed by atoms with Crippen LogP contribution in [0.5, 0.6) is 0 Å². The molecule has 1 amide bonds. The van der Waals surface area contributed by atoms with Gasteiger partial charge >= 0.3 is 0 Å². The summed E-state index contributed by atoms with van der Waals surface area (Å²) in [6.07, 6.45) is 10.3. The lowest BCUT2D eigenvalue weighted by atomic mass is 9.54. The molecule has 0 radical (unpaired) electrons. The Morgan fingerprint density at radius 3 is 2.71 bits per heavy atom. The van der Waals surface area contributed by atoms with Gasteiger partial charge in [-0.15, -0.1) is 0 Å². The first-order valence-electron chi connectivity index (χ1n) is 12.2. The van der Waals surface area contributed by atoms with Crippen LogP contribution in [0.3, 0.4) is 0 Å². The Morgan fingerprint density at radius 1 is 1.12 bits per heavy atom. The summed E-state index contributed by atoms with van der Waals surface area (Å²) in [5, 5.41) is 14.1. The van der Waals surface area contributed by atoms with E-state index < -0.39 is 5.60 Å². The van der Waals surface area contributed by atoms with Crippen molar-refractivity contribution in [3.05, 3.63) is 101 Å². The van der Waals surface area contributed by atoms with Crippen LogP contribution in [0.25, 0.3) is 6.08 Å². The lowest BCUT2D eigenvalue weighted by Crippen LogP contribution is -2.49. The number of carbonyl (C=O) groups excluding carboxylic acids is 1. The number of aryl methyl sites for hydroxylation is 1. The Hall–Kier alpha value is -3.24. The molecule has 5 rings (SSSR count). The van der Waals surface area contributed by atoms with Crippen molar-refractivity contribution in [2.45, 2.75) is 57.0 Å². The maximum absolute atomic E-state index is 13.0. The minimum Gasteiger partial charge on any atom is -0.390 e. The van der Waals surface area contributed by atoms with Crippen LogP contribution in [-0.4, -0.2) is 21.6 Å². The molecule has 2 aromatic carbocycles. The van der Waals surface area contributed by atoms with E-state index in [9.17, 15) is 9.90 Å². The zero-order valence-corrected chi connectivity index (χ0v) is 19.9. The van der Waals surface area contributed by atoms with Gasteiger partial charge in [0.2, 0.25) is 0 Å². The van der Waals surface area contributed by atoms with Gasteiger partial charge in [-0.1, -0.05) is 55.5 Å². The lowest BCUT2D eigenvalue weighted by molar-refractivity contribution is -0.0379. The highest BCUT2D eigenvalue weighted by Gasteiger charge is 2.49. The molecule has 0 spiro atoms. The SMILES string of the molecule is CC[C@@]1(O)CC[C@@]2(Cc3ccccc3)c3ccc(C(=O)Nc4cccnc4C)cc3C=C[C@H]2C1. The monoisotopic (exact) mass is 452 g/mol. The van der Waals surface area contributed by atoms with E-state index in [0.29, 0.717) is 5.56 Å². The highest BCUT2D eigenvalue weighted by atomic mass is 16.3. The number of carbonyl (C=O) groups is 1. The molecule has 1 heterocycles. The first-order valence-corrected chi connectivity index (χ1v) is 12.2. The molecule has 2 aliphatic rings. The van der Waals surface area contributed by atoms with E-state index in [0.717, 1.165) is 49.0 Å². The number of hydrogen-bond acceptors (Lipinski definition) is 3. The van der Waals surface area contributed by atoms with Crippen molar-refractivity contribution in [3.8, 4) is 0 Å². The second-order valence-electron chi connectivity index (χ2n) is 9.96. The predicted octanol–water partition coefficient (Wildman–Crippen LogP) is 6.09. The van der Waals surface area contributed by atoms with E-state index in [-0.39, 0.29) is 17.2 Å². The van der Waals surface area contributed by atoms with Gasteiger partial charge < -0.3 is 10.4 Å². The van der Waals surface area contributed by atoms with E-state index in [1.807, 2.05) is 31.2 Å². The smallest absolute Gasteiger partial charge is 0.255 e. The lowest BCUT2D eigenvalue weighted by Gasteiger charge is -2.51. The van der Waals surface area contributed by atoms with Crippen LogP contribution in [0.15, 0.2) is 72.9 Å². The Bertz CT molecular complexity index is 1240. The number of fused-ring (bicyclic) bond motifs is 3. The van der Waals surface area contributed by atoms with E-state index >= 15 is 0 Å². The fourth-order valence-electron chi connectivity index (χ4n) is 5.86. The van der Waals surface area contributed by atoms with E-state index in [1.54, 1.807) is 6.20 Å². The summed E-state index contributed by atoms with van der Waals surface area (Å²) in [4.78, 5) is 17.3. The molecule has 0 unspecified atom stereocenters. The molecule has 4 heteroatoms. The van der Waals surface area contributed by atoms with Crippen LogP contribution in [0.2, 0.25) is 0 Å². The topological polar surface area (TPSA) is 62.2 Å². The minimum absolute atomic E-state index is 0.0816. The normalized spacial score (nSPS) is 25.3. The van der Waals surface area contributed by atoms with Gasteiger partial charge in [-0.3, -0.25) is 9.78 Å². The Morgan fingerprint density at radius 2 is 1.94 bits per heavy atom. The zero-order valence-electron chi connectivity index (χ0n) is 19.9. The molecule has 174 valence electrons. The summed E-state index contributed by atoms with van der Waals surface area (Å²) in [5.41, 5.74) is 5.18. The molecule has 0 saturated heterocycles. The molecule has 4 nitrogen and oxygen atoms in total. The van der Waals surface area contributed by atoms with Crippen molar-refractivity contribution >= 4 is 17.7 Å². The van der Waals surface area contributed by atoms with Crippen LogP contribution in [0, 0.1) is 12.8 Å². The summed E-state index contributed by atoms with van der Waals surface area (Å²) in [7, 11) is 0. The summed E-state index contributed by atoms with van der Waals surface area (Å²) < 4.78 is 0. The van der Waals surface area contributed by atoms with Crippen LogP contribution in [0.4, 0.5) is 5.69 Å². The third-order valence-corrected chi connectivity index (χ3v) is 7.98. The third-order valence-electron chi connectivity index (χ3n) is 7.98. The van der Waals surface area contributed by atoms with E-state index in [2.05, 4.69) is 65.8 Å². The molecule has 34 heavy (non-hydrogen) atoms. The van der Waals surface area contributed by atoms with E-state index in [1.165, 1.54) is 11.1 Å². The number of anilines is 1. The van der Waals surface area contributed by atoms with Gasteiger partial charge in [0.1, 0.15) is 0 Å². The van der Waals surface area contributed by atoms with Crippen LogP contribution >= 0.6 is 0 Å². The maximum atomic E-state index is 13.0. The molecule has 2 aliphatic carbocycles. The van der Waals surface area contributed by atoms with Crippen LogP contribution in [0.1, 0.15) is 65.3 Å². The molecule has 1 fully saturated rings. The summed E-state index contributed by atoms with van der Waals surface area (Å²) >= 11 is 0. The highest BCUT2D eigenvalue weighted by Crippen LogP contribution is 2.53. The number of nitrogens with one attached hydrogen (secondary N) is 1. The minimum atomic E-state index is -0.603. The second-order valence-corrected chi connectivity index (χ2v) is 9.96. The highest BCUT2D eigenvalue weighted by molar-refractivity contribution is 6.05. The molecule has 3 atom stereocenters. The van der Waals surface area contributed by atoms with Crippen molar-refractivity contribution in [3.63, 3.8) is 0 Å². The molecule has 1 aromatic heterocycles. The van der Waals surface area contributed by atoms with Gasteiger partial charge in [0.05, 0.1) is 17.0 Å². The number of aromatic nitrogens is 1. The van der Waals surface area contributed by atoms with Gasteiger partial charge in [0, 0.05) is 17.2 Å². The number of hydrogen-bond donors (Lipinski definition) is 2. The number of rotatable bonds is 5. The van der Waals surface area contributed by atoms with Crippen molar-refractivity contribution in [2.75, 3.05) is 5.32 Å². The van der Waals surface area contributed by atoms with Crippen LogP contribution < -0.4 is 5.32 Å². The molecule has 3 aromatic rings. The first kappa shape index (κ1) is 22.5. The fraction of sp³-hybridized carbons (Fsp3) is 0.333. The number of benzene rings is 2. The Balaban J connectivity index is 1.51. The largest absolute Gasteiger partial charge is 0.390 e. The first-order chi connectivity index (χ1) is 16.4. The van der Waals surface area contributed by atoms with Gasteiger partial charge in [0.15, 0.2) is 0 Å². The van der Waals surface area contributed by atoms with E-state index in [4.69, 9.17) is 0 Å². The summed E-state index contributed by atoms with van der Waals surface area (Å²) in [6.45, 7) is 3.97. The number of nitrogens with zero attached hydrogens (tertiary/aromatic N) is 1. The molecular weight excluding hydrogens is 420 g/mol. The number of pyridine rings is 1. The number of allylic oxidation sites excluding steroid dienone is 1. The van der Waals surface area contributed by atoms with Crippen molar-refractivity contribution in [1.29, 1.82) is 0 Å². The third kappa shape index (κ3) is 4.07. The van der Waals surface area contributed by atoms with Crippen molar-refractivity contribution in [1.82, 2.24) is 4.98 Å². The van der Waals surface area contributed by atoms with Gasteiger partial charge in [-0.2, -0.15) is 0 Å². The Labute approximate surface area is 201 Å². The maximum Gasteiger partial charge on any atom is 0.255 e. The number of aliphatic hydroxyl groups is 1. The average Bonchev–Trinajstić information content (AvgIpc) is 2.86. The summed E-state index contributed by atoms with van der Waals surface area (Å²) in [6, 6.07) is 20.4. The standard InChI is InChI=1S/C30H32N2O2/c1-3-29(34)15-16-30(19-22-8-5-4-6-9-22)25(20-29)13-11-23-18-24(12-14-26(23)30)28(33)32-27-10-7-17-31-21(27)2/h4-14,17-18,25,34H,3,15-16,19-20H2,1-2H3,(H,32,33)/t25-,29+,30-/m0/s1. The van der Waals surface area contributed by atoms with Crippen molar-refractivity contribution in [2.24, 2.45) is 5.92 Å². The van der Waals surface area contributed by atoms with Gasteiger partial charge in [-0.25, -0.2) is 0 Å². The quantitative estimate of drug-likeness (QED) is 0.492. The Kier molecular flexibility index (Phi) is 5.86. The van der Waals surface area contributed by atoms with Crippen molar-refractivity contribution < 1.29 is 9.90 Å². The molecule has 0 bridgehead atoms. The zero-order chi connectivity index (χ0) is 23.8.